The Balaban J connectivity index is 1.78. The largest absolute Gasteiger partial charge is 0.382 e. The van der Waals surface area contributed by atoms with Gasteiger partial charge in [-0.1, -0.05) is 35.9 Å². The first-order valence-corrected chi connectivity index (χ1v) is 10.2. The maximum absolute atomic E-state index is 13.6. The molecule has 2 aromatic heterocycles. The van der Waals surface area contributed by atoms with E-state index in [4.69, 9.17) is 27.2 Å². The first kappa shape index (κ1) is 19.9. The Hall–Kier alpha value is -4.00. The standard InChI is InChI=1S/C22H16ClN7O2/c23-15-7-4-8-16-18(15)22(31)29(13-5-2-1-3-6-13)21(28-16)17-9-10-32-30(17)20-14(11-24)19(25)26-12-27-20/h1-8,12,17H,9-10H2,(H2,25,26,27). The van der Waals surface area contributed by atoms with Crippen molar-refractivity contribution in [3.8, 4) is 11.8 Å². The molecule has 3 heterocycles. The Kier molecular flexibility index (Phi) is 4.93. The second kappa shape index (κ2) is 7.92. The van der Waals surface area contributed by atoms with Gasteiger partial charge in [-0.05, 0) is 24.3 Å². The third kappa shape index (κ3) is 3.13. The van der Waals surface area contributed by atoms with Gasteiger partial charge >= 0.3 is 0 Å². The van der Waals surface area contributed by atoms with Crippen LogP contribution in [0.5, 0.6) is 0 Å². The van der Waals surface area contributed by atoms with E-state index in [1.54, 1.807) is 18.2 Å². The summed E-state index contributed by atoms with van der Waals surface area (Å²) in [5.41, 5.74) is 6.78. The molecule has 10 heteroatoms. The second-order valence-corrected chi connectivity index (χ2v) is 7.52. The van der Waals surface area contributed by atoms with Crippen molar-refractivity contribution in [3.05, 3.63) is 81.6 Å². The van der Waals surface area contributed by atoms with E-state index in [-0.39, 0.29) is 22.8 Å². The minimum Gasteiger partial charge on any atom is -0.382 e. The lowest BCUT2D eigenvalue weighted by molar-refractivity contribution is 0.155. The van der Waals surface area contributed by atoms with Crippen LogP contribution in [0.2, 0.25) is 5.02 Å². The molecule has 1 aliphatic rings. The van der Waals surface area contributed by atoms with Crippen LogP contribution in [0.25, 0.3) is 16.6 Å². The van der Waals surface area contributed by atoms with Crippen molar-refractivity contribution in [2.24, 2.45) is 0 Å². The quantitative estimate of drug-likeness (QED) is 0.510. The van der Waals surface area contributed by atoms with Gasteiger partial charge in [-0.15, -0.1) is 0 Å². The molecule has 9 nitrogen and oxygen atoms in total. The van der Waals surface area contributed by atoms with Gasteiger partial charge in [0.15, 0.2) is 5.82 Å². The van der Waals surface area contributed by atoms with E-state index in [0.717, 1.165) is 0 Å². The molecule has 0 radical (unpaired) electrons. The molecule has 2 aromatic carbocycles. The van der Waals surface area contributed by atoms with Crippen molar-refractivity contribution < 1.29 is 4.84 Å². The molecule has 1 aliphatic heterocycles. The van der Waals surface area contributed by atoms with Gasteiger partial charge in [0.1, 0.15) is 35.6 Å². The Labute approximate surface area is 187 Å². The van der Waals surface area contributed by atoms with Gasteiger partial charge in [-0.25, -0.2) is 20.0 Å². The van der Waals surface area contributed by atoms with Gasteiger partial charge in [0, 0.05) is 6.42 Å². The monoisotopic (exact) mass is 445 g/mol. The van der Waals surface area contributed by atoms with Gasteiger partial charge in [0.25, 0.3) is 5.56 Å². The zero-order valence-electron chi connectivity index (χ0n) is 16.6. The number of hydroxylamine groups is 1. The summed E-state index contributed by atoms with van der Waals surface area (Å²) in [4.78, 5) is 32.4. The number of hydrogen-bond acceptors (Lipinski definition) is 8. The lowest BCUT2D eigenvalue weighted by Crippen LogP contribution is -2.32. The van der Waals surface area contributed by atoms with E-state index in [2.05, 4.69) is 9.97 Å². The van der Waals surface area contributed by atoms with Crippen LogP contribution in [-0.2, 0) is 4.84 Å². The molecular weight excluding hydrogens is 430 g/mol. The van der Waals surface area contributed by atoms with E-state index >= 15 is 0 Å². The van der Waals surface area contributed by atoms with Gasteiger partial charge in [-0.2, -0.15) is 5.26 Å². The number of halogens is 1. The molecular formula is C22H16ClN7O2. The minimum atomic E-state index is -0.507. The Morgan fingerprint density at radius 3 is 2.75 bits per heavy atom. The van der Waals surface area contributed by atoms with Gasteiger partial charge < -0.3 is 5.73 Å². The fourth-order valence-corrected chi connectivity index (χ4v) is 4.08. The smallest absolute Gasteiger partial charge is 0.267 e. The van der Waals surface area contributed by atoms with Crippen LogP contribution < -0.4 is 16.4 Å². The van der Waals surface area contributed by atoms with E-state index in [9.17, 15) is 10.1 Å². The molecule has 0 spiro atoms. The maximum Gasteiger partial charge on any atom is 0.267 e. The molecule has 0 bridgehead atoms. The summed E-state index contributed by atoms with van der Waals surface area (Å²) in [5.74, 6) is 0.711. The van der Waals surface area contributed by atoms with Crippen molar-refractivity contribution in [1.29, 1.82) is 5.26 Å². The number of benzene rings is 2. The number of nitriles is 1. The summed E-state index contributed by atoms with van der Waals surface area (Å²) < 4.78 is 1.52. The molecule has 1 saturated heterocycles. The van der Waals surface area contributed by atoms with Gasteiger partial charge in [0.2, 0.25) is 0 Å². The normalized spacial score (nSPS) is 15.8. The van der Waals surface area contributed by atoms with Crippen molar-refractivity contribution in [1.82, 2.24) is 19.5 Å². The highest BCUT2D eigenvalue weighted by atomic mass is 35.5. The Morgan fingerprint density at radius 1 is 1.16 bits per heavy atom. The topological polar surface area (TPSA) is 123 Å². The highest BCUT2D eigenvalue weighted by Gasteiger charge is 2.35. The first-order chi connectivity index (χ1) is 15.6. The predicted molar refractivity (Wildman–Crippen MR) is 119 cm³/mol. The summed E-state index contributed by atoms with van der Waals surface area (Å²) in [6.07, 6.45) is 1.78. The van der Waals surface area contributed by atoms with Crippen LogP contribution in [0.1, 0.15) is 23.9 Å². The van der Waals surface area contributed by atoms with Crippen LogP contribution in [0.15, 0.2) is 59.7 Å². The average molecular weight is 446 g/mol. The third-order valence-electron chi connectivity index (χ3n) is 5.27. The Morgan fingerprint density at radius 2 is 1.97 bits per heavy atom. The van der Waals surface area contributed by atoms with Crippen molar-refractivity contribution in [2.75, 3.05) is 17.4 Å². The molecule has 0 saturated carbocycles. The molecule has 1 unspecified atom stereocenters. The molecule has 0 aliphatic carbocycles. The molecule has 158 valence electrons. The molecule has 4 aromatic rings. The number of fused-ring (bicyclic) bond motifs is 1. The van der Waals surface area contributed by atoms with Gasteiger partial charge in [0.05, 0.1) is 28.2 Å². The van der Waals surface area contributed by atoms with E-state index in [1.165, 1.54) is 16.0 Å². The zero-order valence-corrected chi connectivity index (χ0v) is 17.4. The van der Waals surface area contributed by atoms with E-state index in [1.807, 2.05) is 36.4 Å². The molecule has 0 amide bonds. The van der Waals surface area contributed by atoms with Gasteiger partial charge in [-0.3, -0.25) is 14.2 Å². The SMILES string of the molecule is N#Cc1c(N)ncnc1N1OCCC1c1nc2cccc(Cl)c2c(=O)n1-c1ccccc1. The van der Waals surface area contributed by atoms with Crippen LogP contribution in [0.4, 0.5) is 11.6 Å². The average Bonchev–Trinajstić information content (AvgIpc) is 3.29. The van der Waals surface area contributed by atoms with Crippen molar-refractivity contribution >= 4 is 34.1 Å². The molecule has 32 heavy (non-hydrogen) atoms. The number of para-hydroxylation sites is 1. The summed E-state index contributed by atoms with van der Waals surface area (Å²) in [5, 5.41) is 11.7. The highest BCUT2D eigenvalue weighted by Crippen LogP contribution is 2.36. The molecule has 1 fully saturated rings. The molecule has 1 atom stereocenters. The predicted octanol–water partition coefficient (Wildman–Crippen LogP) is 3.17. The van der Waals surface area contributed by atoms with Crippen LogP contribution in [0.3, 0.4) is 0 Å². The summed E-state index contributed by atoms with van der Waals surface area (Å²) in [7, 11) is 0. The first-order valence-electron chi connectivity index (χ1n) is 9.79. The van der Waals surface area contributed by atoms with E-state index in [0.29, 0.717) is 40.5 Å². The molecule has 2 N–H and O–H groups in total. The summed E-state index contributed by atoms with van der Waals surface area (Å²) >= 11 is 6.36. The van der Waals surface area contributed by atoms with Crippen LogP contribution in [0, 0.1) is 11.3 Å². The van der Waals surface area contributed by atoms with Crippen LogP contribution >= 0.6 is 11.6 Å². The summed E-state index contributed by atoms with van der Waals surface area (Å²) in [6.45, 7) is 0.345. The molecule has 5 rings (SSSR count). The van der Waals surface area contributed by atoms with Crippen molar-refractivity contribution in [2.45, 2.75) is 12.5 Å². The van der Waals surface area contributed by atoms with Crippen LogP contribution in [-0.4, -0.2) is 26.1 Å². The lowest BCUT2D eigenvalue weighted by Gasteiger charge is -2.26. The minimum absolute atomic E-state index is 0.0467. The fourth-order valence-electron chi connectivity index (χ4n) is 3.83. The Bertz CT molecular complexity index is 1430. The second-order valence-electron chi connectivity index (χ2n) is 7.11. The fraction of sp³-hybridized carbons (Fsp3) is 0.136. The number of nitrogen functional groups attached to an aromatic ring is 1. The number of rotatable bonds is 3. The highest BCUT2D eigenvalue weighted by molar-refractivity contribution is 6.35. The third-order valence-corrected chi connectivity index (χ3v) is 5.58. The number of hydrogen-bond donors (Lipinski definition) is 1. The number of anilines is 2. The zero-order chi connectivity index (χ0) is 22.2. The number of nitrogens with two attached hydrogens (primary N) is 1. The number of nitrogens with zero attached hydrogens (tertiary/aromatic N) is 6. The number of aromatic nitrogens is 4. The van der Waals surface area contributed by atoms with Crippen molar-refractivity contribution in [3.63, 3.8) is 0 Å². The summed E-state index contributed by atoms with van der Waals surface area (Å²) in [6, 6.07) is 15.8. The lowest BCUT2D eigenvalue weighted by atomic mass is 10.1. The van der Waals surface area contributed by atoms with E-state index < -0.39 is 6.04 Å². The maximum atomic E-state index is 13.6.